The van der Waals surface area contributed by atoms with Gasteiger partial charge in [0, 0.05) is 29.8 Å². The molecule has 2 aromatic rings. The standard InChI is InChI=1S/C23H23N4OP/c1-15-9-18(13-24-12-15)23(28)27-19-6-3-5-17(10-19)16(2)26-20-11-22-21(25-14-20)7-4-8-29-22/h3-14,16,22,26,29H,1-2H3,(H,27,28). The molecule has 0 aliphatic carbocycles. The first-order chi connectivity index (χ1) is 14.1. The van der Waals surface area contributed by atoms with Crippen LogP contribution in [0.5, 0.6) is 0 Å². The van der Waals surface area contributed by atoms with Crippen molar-refractivity contribution in [3.8, 4) is 0 Å². The Hall–Kier alpha value is -3.04. The van der Waals surface area contributed by atoms with Crippen LogP contribution in [0.1, 0.15) is 34.5 Å². The van der Waals surface area contributed by atoms with E-state index in [-0.39, 0.29) is 11.9 Å². The Morgan fingerprint density at radius 2 is 2.14 bits per heavy atom. The molecule has 4 rings (SSSR count). The predicted octanol–water partition coefficient (Wildman–Crippen LogP) is 4.72. The maximum Gasteiger partial charge on any atom is 0.257 e. The Labute approximate surface area is 172 Å². The summed E-state index contributed by atoms with van der Waals surface area (Å²) in [5.41, 5.74) is 5.88. The molecule has 3 unspecified atom stereocenters. The van der Waals surface area contributed by atoms with Crippen LogP contribution < -0.4 is 10.6 Å². The van der Waals surface area contributed by atoms with Gasteiger partial charge in [0.15, 0.2) is 0 Å². The maximum absolute atomic E-state index is 12.5. The minimum absolute atomic E-state index is 0.0817. The SMILES string of the molecule is Cc1cncc(C(=O)Nc2cccc(C(C)NC3=CC4PC=CC=C4N=C3)c2)c1. The Balaban J connectivity index is 1.44. The molecule has 0 saturated carbocycles. The summed E-state index contributed by atoms with van der Waals surface area (Å²) in [5, 5.41) is 6.49. The highest BCUT2D eigenvalue weighted by molar-refractivity contribution is 7.43. The molecule has 3 heterocycles. The van der Waals surface area contributed by atoms with E-state index >= 15 is 0 Å². The zero-order chi connectivity index (χ0) is 20.2. The highest BCUT2D eigenvalue weighted by atomic mass is 31.1. The fourth-order valence-corrected chi connectivity index (χ4v) is 4.34. The molecular weight excluding hydrogens is 379 g/mol. The van der Waals surface area contributed by atoms with Gasteiger partial charge in [-0.2, -0.15) is 0 Å². The van der Waals surface area contributed by atoms with E-state index in [4.69, 9.17) is 0 Å². The summed E-state index contributed by atoms with van der Waals surface area (Å²) >= 11 is 0. The second-order valence-electron chi connectivity index (χ2n) is 7.17. The summed E-state index contributed by atoms with van der Waals surface area (Å²) in [5.74, 6) is 2.04. The summed E-state index contributed by atoms with van der Waals surface area (Å²) in [7, 11) is 0.729. The monoisotopic (exact) mass is 402 g/mol. The van der Waals surface area contributed by atoms with Gasteiger partial charge in [0.2, 0.25) is 0 Å². The highest BCUT2D eigenvalue weighted by Gasteiger charge is 2.18. The van der Waals surface area contributed by atoms with Crippen LogP contribution in [0.25, 0.3) is 0 Å². The van der Waals surface area contributed by atoms with E-state index < -0.39 is 0 Å². The minimum Gasteiger partial charge on any atom is -0.378 e. The second-order valence-corrected chi connectivity index (χ2v) is 8.46. The minimum atomic E-state index is -0.160. The van der Waals surface area contributed by atoms with Crippen molar-refractivity contribution in [2.24, 2.45) is 4.99 Å². The molecule has 0 spiro atoms. The lowest BCUT2D eigenvalue weighted by atomic mass is 10.1. The number of nitrogens with one attached hydrogen (secondary N) is 2. The van der Waals surface area contributed by atoms with Gasteiger partial charge < -0.3 is 10.6 Å². The van der Waals surface area contributed by atoms with E-state index in [1.807, 2.05) is 37.4 Å². The molecule has 5 nitrogen and oxygen atoms in total. The number of carbonyl (C=O) groups excluding carboxylic acids is 1. The number of nitrogens with zero attached hydrogens (tertiary/aromatic N) is 2. The zero-order valence-electron chi connectivity index (χ0n) is 16.4. The molecule has 1 amide bonds. The third-order valence-corrected chi connectivity index (χ3v) is 6.03. The molecule has 29 heavy (non-hydrogen) atoms. The molecule has 3 atom stereocenters. The largest absolute Gasteiger partial charge is 0.378 e. The number of aromatic nitrogens is 1. The first-order valence-corrected chi connectivity index (χ1v) is 10.7. The molecule has 0 fully saturated rings. The number of hydrogen-bond donors (Lipinski definition) is 2. The van der Waals surface area contributed by atoms with E-state index in [1.54, 1.807) is 12.4 Å². The number of amides is 1. The number of dihydropyridines is 1. The molecule has 1 aromatic carbocycles. The number of hydrogen-bond acceptors (Lipinski definition) is 4. The van der Waals surface area contributed by atoms with Crippen LogP contribution in [0.3, 0.4) is 0 Å². The molecule has 2 aliphatic rings. The number of fused-ring (bicyclic) bond motifs is 1. The van der Waals surface area contributed by atoms with Gasteiger partial charge in [-0.25, -0.2) is 0 Å². The Bertz CT molecular complexity index is 1050. The number of allylic oxidation sites excluding steroid dienone is 4. The number of pyridine rings is 1. The lowest BCUT2D eigenvalue weighted by molar-refractivity contribution is 0.102. The van der Waals surface area contributed by atoms with Crippen molar-refractivity contribution in [1.29, 1.82) is 0 Å². The number of anilines is 1. The third-order valence-electron chi connectivity index (χ3n) is 4.82. The van der Waals surface area contributed by atoms with Crippen molar-refractivity contribution in [2.75, 3.05) is 5.32 Å². The molecule has 0 radical (unpaired) electrons. The summed E-state index contributed by atoms with van der Waals surface area (Å²) in [4.78, 5) is 21.2. The van der Waals surface area contributed by atoms with E-state index in [1.165, 1.54) is 0 Å². The number of carbonyl (C=O) groups is 1. The highest BCUT2D eigenvalue weighted by Crippen LogP contribution is 2.35. The summed E-state index contributed by atoms with van der Waals surface area (Å²) in [6.07, 6.45) is 11.6. The lowest BCUT2D eigenvalue weighted by Gasteiger charge is -2.23. The van der Waals surface area contributed by atoms with Crippen LogP contribution >= 0.6 is 8.58 Å². The molecule has 0 bridgehead atoms. The van der Waals surface area contributed by atoms with Crippen LogP contribution in [-0.4, -0.2) is 22.8 Å². The van der Waals surface area contributed by atoms with Gasteiger partial charge in [-0.05, 0) is 55.3 Å². The Morgan fingerprint density at radius 3 is 3.00 bits per heavy atom. The number of rotatable bonds is 5. The second kappa shape index (κ2) is 8.54. The normalized spacial score (nSPS) is 19.2. The maximum atomic E-state index is 12.5. The van der Waals surface area contributed by atoms with Gasteiger partial charge in [-0.3, -0.25) is 14.8 Å². The molecule has 2 N–H and O–H groups in total. The van der Waals surface area contributed by atoms with Gasteiger partial charge in [-0.1, -0.05) is 32.6 Å². The summed E-state index contributed by atoms with van der Waals surface area (Å²) in [6, 6.07) is 9.81. The average molecular weight is 402 g/mol. The van der Waals surface area contributed by atoms with Gasteiger partial charge in [0.05, 0.1) is 23.2 Å². The number of aryl methyl sites for hydroxylation is 1. The Kier molecular flexibility index (Phi) is 5.68. The van der Waals surface area contributed by atoms with Crippen LogP contribution in [0.15, 0.2) is 83.2 Å². The third kappa shape index (κ3) is 4.69. The van der Waals surface area contributed by atoms with Crippen molar-refractivity contribution in [3.05, 3.63) is 94.9 Å². The van der Waals surface area contributed by atoms with Crippen molar-refractivity contribution >= 4 is 26.4 Å². The quantitative estimate of drug-likeness (QED) is 0.712. The molecule has 2 aliphatic heterocycles. The molecule has 0 saturated heterocycles. The van der Waals surface area contributed by atoms with Crippen molar-refractivity contribution in [2.45, 2.75) is 25.5 Å². The number of aliphatic imine (C=N–C) groups is 1. The fraction of sp³-hybridized carbons (Fsp3) is 0.174. The van der Waals surface area contributed by atoms with Crippen LogP contribution in [-0.2, 0) is 0 Å². The topological polar surface area (TPSA) is 66.4 Å². The van der Waals surface area contributed by atoms with Crippen molar-refractivity contribution in [3.63, 3.8) is 0 Å². The first kappa shape index (κ1) is 19.3. The van der Waals surface area contributed by atoms with Crippen LogP contribution in [0, 0.1) is 6.92 Å². The molecular formula is C23H23N4OP. The van der Waals surface area contributed by atoms with E-state index in [0.29, 0.717) is 11.2 Å². The Morgan fingerprint density at radius 1 is 1.24 bits per heavy atom. The van der Waals surface area contributed by atoms with E-state index in [0.717, 1.165) is 36.8 Å². The van der Waals surface area contributed by atoms with E-state index in [2.05, 4.69) is 57.6 Å². The number of benzene rings is 1. The van der Waals surface area contributed by atoms with Gasteiger partial charge in [0.1, 0.15) is 0 Å². The van der Waals surface area contributed by atoms with Crippen molar-refractivity contribution in [1.82, 2.24) is 10.3 Å². The van der Waals surface area contributed by atoms with Crippen LogP contribution in [0.2, 0.25) is 0 Å². The van der Waals surface area contributed by atoms with Gasteiger partial charge in [-0.15, -0.1) is 0 Å². The molecule has 146 valence electrons. The summed E-state index contributed by atoms with van der Waals surface area (Å²) in [6.45, 7) is 4.03. The average Bonchev–Trinajstić information content (AvgIpc) is 2.74. The molecule has 1 aromatic heterocycles. The zero-order valence-corrected chi connectivity index (χ0v) is 17.4. The smallest absolute Gasteiger partial charge is 0.257 e. The predicted molar refractivity (Wildman–Crippen MR) is 121 cm³/mol. The van der Waals surface area contributed by atoms with Crippen molar-refractivity contribution < 1.29 is 4.79 Å². The van der Waals surface area contributed by atoms with E-state index in [9.17, 15) is 4.79 Å². The van der Waals surface area contributed by atoms with Crippen LogP contribution in [0.4, 0.5) is 5.69 Å². The van der Waals surface area contributed by atoms with Gasteiger partial charge >= 0.3 is 0 Å². The van der Waals surface area contributed by atoms with Gasteiger partial charge in [0.25, 0.3) is 5.91 Å². The fourth-order valence-electron chi connectivity index (χ4n) is 3.31. The first-order valence-electron chi connectivity index (χ1n) is 9.57. The summed E-state index contributed by atoms with van der Waals surface area (Å²) < 4.78 is 0. The lowest BCUT2D eigenvalue weighted by Crippen LogP contribution is -2.23. The molecule has 6 heteroatoms.